The fourth-order valence-electron chi connectivity index (χ4n) is 2.72. The van der Waals surface area contributed by atoms with E-state index in [0.717, 1.165) is 6.54 Å². The number of benzene rings is 1. The minimum absolute atomic E-state index is 0.418. The highest BCUT2D eigenvalue weighted by Crippen LogP contribution is 2.31. The van der Waals surface area contributed by atoms with Crippen molar-refractivity contribution in [2.24, 2.45) is 7.05 Å². The molecule has 0 aliphatic carbocycles. The molecule has 1 aliphatic heterocycles. The van der Waals surface area contributed by atoms with Crippen LogP contribution in [0, 0.1) is 6.92 Å². The predicted octanol–water partition coefficient (Wildman–Crippen LogP) is 2.82. The molecule has 0 saturated carbocycles. The smallest absolute Gasteiger partial charge is 0.0872 e. The van der Waals surface area contributed by atoms with E-state index < -0.39 is 0 Å². The van der Waals surface area contributed by atoms with E-state index in [0.29, 0.717) is 6.04 Å². The van der Waals surface area contributed by atoms with E-state index in [1.165, 1.54) is 35.2 Å². The molecule has 0 spiro atoms. The number of aryl methyl sites for hydroxylation is 2. The summed E-state index contributed by atoms with van der Waals surface area (Å²) in [6.45, 7) is 3.24. The molecule has 1 atom stereocenters. The van der Waals surface area contributed by atoms with E-state index in [1.54, 1.807) is 0 Å². The largest absolute Gasteiger partial charge is 0.309 e. The number of rotatable bonds is 2. The summed E-state index contributed by atoms with van der Waals surface area (Å²) in [5.74, 6) is 0. The van der Waals surface area contributed by atoms with Gasteiger partial charge in [-0.3, -0.25) is 4.68 Å². The predicted molar refractivity (Wildman–Crippen MR) is 73.4 cm³/mol. The van der Waals surface area contributed by atoms with Crippen molar-refractivity contribution in [2.45, 2.75) is 25.8 Å². The van der Waals surface area contributed by atoms with Crippen molar-refractivity contribution in [2.75, 3.05) is 6.54 Å². The van der Waals surface area contributed by atoms with Crippen LogP contribution in [0.25, 0.3) is 11.1 Å². The molecule has 1 fully saturated rings. The third-order valence-electron chi connectivity index (χ3n) is 3.58. The molecule has 0 bridgehead atoms. The number of aromatic nitrogens is 2. The summed E-state index contributed by atoms with van der Waals surface area (Å²) in [7, 11) is 2.00. The fourth-order valence-corrected chi connectivity index (χ4v) is 2.72. The van der Waals surface area contributed by atoms with Crippen LogP contribution in [-0.4, -0.2) is 16.3 Å². The second kappa shape index (κ2) is 4.58. The van der Waals surface area contributed by atoms with Crippen LogP contribution in [0.3, 0.4) is 0 Å². The summed E-state index contributed by atoms with van der Waals surface area (Å²) in [5, 5.41) is 8.19. The quantitative estimate of drug-likeness (QED) is 0.876. The summed E-state index contributed by atoms with van der Waals surface area (Å²) in [5.41, 5.74) is 5.02. The Bertz CT molecular complexity index is 551. The molecule has 1 aromatic carbocycles. The average Bonchev–Trinajstić information content (AvgIpc) is 2.97. The Labute approximate surface area is 108 Å². The third kappa shape index (κ3) is 2.06. The third-order valence-corrected chi connectivity index (χ3v) is 3.58. The number of nitrogens with one attached hydrogen (secondary N) is 1. The van der Waals surface area contributed by atoms with E-state index in [4.69, 9.17) is 0 Å². The molecule has 0 radical (unpaired) electrons. The molecule has 18 heavy (non-hydrogen) atoms. The molecule has 1 saturated heterocycles. The van der Waals surface area contributed by atoms with Gasteiger partial charge in [-0.15, -0.1) is 0 Å². The zero-order chi connectivity index (χ0) is 12.5. The Morgan fingerprint density at radius 3 is 3.00 bits per heavy atom. The van der Waals surface area contributed by atoms with Crippen LogP contribution in [0.5, 0.6) is 0 Å². The maximum atomic E-state index is 4.65. The highest BCUT2D eigenvalue weighted by Gasteiger charge is 2.22. The summed E-state index contributed by atoms with van der Waals surface area (Å²) >= 11 is 0. The topological polar surface area (TPSA) is 29.9 Å². The zero-order valence-corrected chi connectivity index (χ0v) is 11.0. The van der Waals surface area contributed by atoms with Crippen molar-refractivity contribution in [3.8, 4) is 11.1 Å². The molecule has 1 N–H and O–H groups in total. The monoisotopic (exact) mass is 241 g/mol. The highest BCUT2D eigenvalue weighted by molar-refractivity contribution is 5.66. The lowest BCUT2D eigenvalue weighted by atomic mass is 10.0. The van der Waals surface area contributed by atoms with Gasteiger partial charge in [0, 0.05) is 18.8 Å². The van der Waals surface area contributed by atoms with Gasteiger partial charge in [0.2, 0.25) is 0 Å². The Morgan fingerprint density at radius 1 is 1.39 bits per heavy atom. The molecule has 1 aliphatic rings. The summed E-state index contributed by atoms with van der Waals surface area (Å²) < 4.78 is 1.92. The van der Waals surface area contributed by atoms with Gasteiger partial charge >= 0.3 is 0 Å². The van der Waals surface area contributed by atoms with Crippen LogP contribution < -0.4 is 5.32 Å². The van der Waals surface area contributed by atoms with Crippen LogP contribution in [0.2, 0.25) is 0 Å². The van der Waals surface area contributed by atoms with Gasteiger partial charge < -0.3 is 5.32 Å². The van der Waals surface area contributed by atoms with Gasteiger partial charge in [-0.05, 0) is 31.9 Å². The summed E-state index contributed by atoms with van der Waals surface area (Å²) in [4.78, 5) is 0. The van der Waals surface area contributed by atoms with Gasteiger partial charge in [0.15, 0.2) is 0 Å². The number of nitrogens with zero attached hydrogens (tertiary/aromatic N) is 2. The molecular formula is C15H19N3. The first-order valence-electron chi connectivity index (χ1n) is 6.58. The lowest BCUT2D eigenvalue weighted by Gasteiger charge is -2.10. The Kier molecular flexibility index (Phi) is 2.92. The lowest BCUT2D eigenvalue weighted by Crippen LogP contribution is -2.14. The van der Waals surface area contributed by atoms with E-state index in [1.807, 2.05) is 11.7 Å². The molecule has 3 nitrogen and oxygen atoms in total. The zero-order valence-electron chi connectivity index (χ0n) is 11.0. The van der Waals surface area contributed by atoms with Crippen LogP contribution in [-0.2, 0) is 7.05 Å². The van der Waals surface area contributed by atoms with Crippen molar-refractivity contribution in [1.29, 1.82) is 0 Å². The van der Waals surface area contributed by atoms with Crippen LogP contribution in [0.4, 0.5) is 0 Å². The normalized spacial score (nSPS) is 19.3. The maximum Gasteiger partial charge on any atom is 0.0872 e. The summed E-state index contributed by atoms with van der Waals surface area (Å²) in [6.07, 6.45) is 4.56. The molecule has 2 aromatic rings. The van der Waals surface area contributed by atoms with Gasteiger partial charge in [-0.1, -0.05) is 29.8 Å². The Balaban J connectivity index is 2.05. The van der Waals surface area contributed by atoms with Crippen molar-refractivity contribution in [3.63, 3.8) is 0 Å². The molecule has 0 amide bonds. The molecule has 94 valence electrons. The van der Waals surface area contributed by atoms with Crippen molar-refractivity contribution in [3.05, 3.63) is 41.7 Å². The molecular weight excluding hydrogens is 222 g/mol. The van der Waals surface area contributed by atoms with Crippen LogP contribution in [0.1, 0.15) is 30.1 Å². The maximum absolute atomic E-state index is 4.65. The standard InChI is InChI=1S/C15H19N3/c1-11-5-3-6-12(9-11)13-10-18(2)17-15(13)14-7-4-8-16-14/h3,5-6,9-10,14,16H,4,7-8H2,1-2H3. The SMILES string of the molecule is Cc1cccc(-c2cn(C)nc2C2CCCN2)c1. The first kappa shape index (κ1) is 11.5. The average molecular weight is 241 g/mol. The van der Waals surface area contributed by atoms with Crippen molar-refractivity contribution < 1.29 is 0 Å². The molecule has 1 aromatic heterocycles. The molecule has 2 heterocycles. The first-order chi connectivity index (χ1) is 8.74. The molecule has 1 unspecified atom stereocenters. The van der Waals surface area contributed by atoms with E-state index >= 15 is 0 Å². The second-order valence-corrected chi connectivity index (χ2v) is 5.12. The minimum Gasteiger partial charge on any atom is -0.309 e. The number of hydrogen-bond acceptors (Lipinski definition) is 2. The van der Waals surface area contributed by atoms with Gasteiger partial charge in [-0.25, -0.2) is 0 Å². The van der Waals surface area contributed by atoms with Gasteiger partial charge in [-0.2, -0.15) is 5.10 Å². The van der Waals surface area contributed by atoms with Crippen LogP contribution in [0.15, 0.2) is 30.5 Å². The van der Waals surface area contributed by atoms with E-state index in [9.17, 15) is 0 Å². The number of hydrogen-bond donors (Lipinski definition) is 1. The van der Waals surface area contributed by atoms with Crippen molar-refractivity contribution >= 4 is 0 Å². The highest BCUT2D eigenvalue weighted by atomic mass is 15.3. The van der Waals surface area contributed by atoms with Gasteiger partial charge in [0.25, 0.3) is 0 Å². The minimum atomic E-state index is 0.418. The van der Waals surface area contributed by atoms with Crippen LogP contribution >= 0.6 is 0 Å². The van der Waals surface area contributed by atoms with E-state index in [2.05, 4.69) is 47.8 Å². The van der Waals surface area contributed by atoms with Gasteiger partial charge in [0.05, 0.1) is 11.7 Å². The molecule has 3 rings (SSSR count). The van der Waals surface area contributed by atoms with Crippen molar-refractivity contribution in [1.82, 2.24) is 15.1 Å². The van der Waals surface area contributed by atoms with E-state index in [-0.39, 0.29) is 0 Å². The lowest BCUT2D eigenvalue weighted by molar-refractivity contribution is 0.607. The molecule has 3 heteroatoms. The second-order valence-electron chi connectivity index (χ2n) is 5.12. The van der Waals surface area contributed by atoms with Gasteiger partial charge in [0.1, 0.15) is 0 Å². The fraction of sp³-hybridized carbons (Fsp3) is 0.400. The summed E-state index contributed by atoms with van der Waals surface area (Å²) in [6, 6.07) is 9.07. The Morgan fingerprint density at radius 2 is 2.28 bits per heavy atom. The first-order valence-corrected chi connectivity index (χ1v) is 6.58. The Hall–Kier alpha value is -1.61.